The summed E-state index contributed by atoms with van der Waals surface area (Å²) in [5.74, 6) is 0.608. The molecule has 4 heteroatoms. The second kappa shape index (κ2) is 6.45. The molecule has 0 fully saturated rings. The van der Waals surface area contributed by atoms with Crippen molar-refractivity contribution in [2.24, 2.45) is 5.92 Å². The Morgan fingerprint density at radius 2 is 2.00 bits per heavy atom. The summed E-state index contributed by atoms with van der Waals surface area (Å²) in [5.41, 5.74) is 0.782. The van der Waals surface area contributed by atoms with Gasteiger partial charge in [-0.2, -0.15) is 0 Å². The molecule has 0 saturated heterocycles. The van der Waals surface area contributed by atoms with Gasteiger partial charge in [-0.05, 0) is 18.1 Å². The second-order valence-corrected chi connectivity index (χ2v) is 4.29. The summed E-state index contributed by atoms with van der Waals surface area (Å²) >= 11 is 0. The highest BCUT2D eigenvalue weighted by atomic mass is 19.1. The van der Waals surface area contributed by atoms with Crippen LogP contribution in [0.25, 0.3) is 0 Å². The number of anilines is 1. The van der Waals surface area contributed by atoms with Gasteiger partial charge in [-0.3, -0.25) is 0 Å². The molecule has 1 N–H and O–H groups in total. The smallest absolute Gasteiger partial charge is 0.144 e. The molecular formula is C13H20FNO2. The average molecular weight is 241 g/mol. The van der Waals surface area contributed by atoms with Crippen molar-refractivity contribution in [3.05, 3.63) is 24.0 Å². The maximum absolute atomic E-state index is 13.0. The van der Waals surface area contributed by atoms with Gasteiger partial charge in [0.25, 0.3) is 0 Å². The lowest BCUT2D eigenvalue weighted by atomic mass is 10.0. The van der Waals surface area contributed by atoms with Gasteiger partial charge in [-0.1, -0.05) is 13.8 Å². The summed E-state index contributed by atoms with van der Waals surface area (Å²) in [7, 11) is 3.19. The summed E-state index contributed by atoms with van der Waals surface area (Å²) in [6, 6.07) is 4.63. The van der Waals surface area contributed by atoms with Gasteiger partial charge in [-0.15, -0.1) is 0 Å². The van der Waals surface area contributed by atoms with Gasteiger partial charge in [0.2, 0.25) is 0 Å². The highest BCUT2D eigenvalue weighted by Gasteiger charge is 2.15. The fourth-order valence-electron chi connectivity index (χ4n) is 1.56. The molecule has 1 atom stereocenters. The Kier molecular flexibility index (Phi) is 5.22. The van der Waals surface area contributed by atoms with Gasteiger partial charge in [0.15, 0.2) is 0 Å². The van der Waals surface area contributed by atoms with Gasteiger partial charge in [-0.25, -0.2) is 4.39 Å². The van der Waals surface area contributed by atoms with Gasteiger partial charge in [0.05, 0.1) is 25.4 Å². The molecule has 0 aliphatic heterocycles. The lowest BCUT2D eigenvalue weighted by Gasteiger charge is -2.23. The summed E-state index contributed by atoms with van der Waals surface area (Å²) in [6.45, 7) is 4.80. The van der Waals surface area contributed by atoms with E-state index in [9.17, 15) is 4.39 Å². The second-order valence-electron chi connectivity index (χ2n) is 4.29. The standard InChI is InChI=1S/C13H20FNO2/c1-9(2)12(8-16-3)15-11-6-5-10(14)7-13(11)17-4/h5-7,9,12,15H,8H2,1-4H3. The van der Waals surface area contributed by atoms with Gasteiger partial charge in [0, 0.05) is 13.2 Å². The molecule has 0 spiro atoms. The molecule has 0 aliphatic rings. The van der Waals surface area contributed by atoms with Crippen LogP contribution < -0.4 is 10.1 Å². The molecule has 1 aromatic carbocycles. The Morgan fingerprint density at radius 1 is 1.29 bits per heavy atom. The minimum absolute atomic E-state index is 0.166. The van der Waals surface area contributed by atoms with Crippen LogP contribution in [-0.2, 0) is 4.74 Å². The van der Waals surface area contributed by atoms with Crippen molar-refractivity contribution in [3.63, 3.8) is 0 Å². The summed E-state index contributed by atoms with van der Waals surface area (Å²) < 4.78 is 23.3. The minimum atomic E-state index is -0.305. The molecule has 0 radical (unpaired) electrons. The van der Waals surface area contributed by atoms with E-state index in [4.69, 9.17) is 9.47 Å². The third kappa shape index (κ3) is 3.89. The summed E-state index contributed by atoms with van der Waals surface area (Å²) in [6.07, 6.45) is 0. The number of rotatable bonds is 6. The number of hydrogen-bond acceptors (Lipinski definition) is 3. The molecule has 1 aromatic rings. The highest BCUT2D eigenvalue weighted by molar-refractivity contribution is 5.57. The molecule has 0 amide bonds. The molecule has 0 heterocycles. The zero-order chi connectivity index (χ0) is 12.8. The third-order valence-corrected chi connectivity index (χ3v) is 2.66. The van der Waals surface area contributed by atoms with Crippen molar-refractivity contribution >= 4 is 5.69 Å². The van der Waals surface area contributed by atoms with Crippen molar-refractivity contribution in [1.82, 2.24) is 0 Å². The first kappa shape index (κ1) is 13.8. The van der Waals surface area contributed by atoms with E-state index in [-0.39, 0.29) is 11.9 Å². The van der Waals surface area contributed by atoms with Crippen LogP contribution in [0.15, 0.2) is 18.2 Å². The third-order valence-electron chi connectivity index (χ3n) is 2.66. The number of methoxy groups -OCH3 is 2. The van der Waals surface area contributed by atoms with E-state index in [1.165, 1.54) is 19.2 Å². The van der Waals surface area contributed by atoms with Crippen LogP contribution in [0.2, 0.25) is 0 Å². The molecule has 1 unspecified atom stereocenters. The van der Waals surface area contributed by atoms with E-state index in [0.717, 1.165) is 5.69 Å². The Balaban J connectivity index is 2.84. The topological polar surface area (TPSA) is 30.5 Å². The van der Waals surface area contributed by atoms with Crippen molar-refractivity contribution < 1.29 is 13.9 Å². The van der Waals surface area contributed by atoms with Crippen LogP contribution in [0.1, 0.15) is 13.8 Å². The number of ether oxygens (including phenoxy) is 2. The van der Waals surface area contributed by atoms with Crippen molar-refractivity contribution in [1.29, 1.82) is 0 Å². The molecule has 96 valence electrons. The van der Waals surface area contributed by atoms with E-state index < -0.39 is 0 Å². The highest BCUT2D eigenvalue weighted by Crippen LogP contribution is 2.26. The fourth-order valence-corrected chi connectivity index (χ4v) is 1.56. The van der Waals surface area contributed by atoms with E-state index in [0.29, 0.717) is 18.3 Å². The lowest BCUT2D eigenvalue weighted by Crippen LogP contribution is -2.30. The SMILES string of the molecule is COCC(Nc1ccc(F)cc1OC)C(C)C. The molecule has 0 saturated carbocycles. The predicted molar refractivity (Wildman–Crippen MR) is 67.1 cm³/mol. The van der Waals surface area contributed by atoms with Crippen LogP contribution >= 0.6 is 0 Å². The number of hydrogen-bond donors (Lipinski definition) is 1. The minimum Gasteiger partial charge on any atom is -0.494 e. The fraction of sp³-hybridized carbons (Fsp3) is 0.538. The predicted octanol–water partition coefficient (Wildman–Crippen LogP) is 2.92. The maximum Gasteiger partial charge on any atom is 0.144 e. The molecule has 0 bridgehead atoms. The Bertz CT molecular complexity index is 355. The molecule has 3 nitrogen and oxygen atoms in total. The van der Waals surface area contributed by atoms with Crippen molar-refractivity contribution in [3.8, 4) is 5.75 Å². The molecule has 0 aromatic heterocycles. The quantitative estimate of drug-likeness (QED) is 0.830. The Morgan fingerprint density at radius 3 is 2.53 bits per heavy atom. The molecular weight excluding hydrogens is 221 g/mol. The van der Waals surface area contributed by atoms with E-state index in [1.54, 1.807) is 13.2 Å². The first-order valence-corrected chi connectivity index (χ1v) is 5.67. The van der Waals surface area contributed by atoms with Crippen LogP contribution in [0.3, 0.4) is 0 Å². The van der Waals surface area contributed by atoms with E-state index in [2.05, 4.69) is 19.2 Å². The average Bonchev–Trinajstić information content (AvgIpc) is 2.30. The van der Waals surface area contributed by atoms with Gasteiger partial charge in [0.1, 0.15) is 11.6 Å². The lowest BCUT2D eigenvalue weighted by molar-refractivity contribution is 0.171. The monoisotopic (exact) mass is 241 g/mol. The van der Waals surface area contributed by atoms with Crippen LogP contribution in [0.5, 0.6) is 5.75 Å². The Hall–Kier alpha value is -1.29. The van der Waals surface area contributed by atoms with Crippen LogP contribution in [0, 0.1) is 11.7 Å². The van der Waals surface area contributed by atoms with E-state index >= 15 is 0 Å². The Labute approximate surface area is 102 Å². The molecule has 17 heavy (non-hydrogen) atoms. The first-order valence-electron chi connectivity index (χ1n) is 5.67. The molecule has 0 aliphatic carbocycles. The van der Waals surface area contributed by atoms with E-state index in [1.807, 2.05) is 0 Å². The zero-order valence-electron chi connectivity index (χ0n) is 10.8. The summed E-state index contributed by atoms with van der Waals surface area (Å²) in [4.78, 5) is 0. The van der Waals surface area contributed by atoms with Crippen molar-refractivity contribution in [2.45, 2.75) is 19.9 Å². The molecule has 1 rings (SSSR count). The first-order chi connectivity index (χ1) is 8.08. The normalized spacial score (nSPS) is 12.6. The van der Waals surface area contributed by atoms with Crippen molar-refractivity contribution in [2.75, 3.05) is 26.1 Å². The van der Waals surface area contributed by atoms with Gasteiger partial charge < -0.3 is 14.8 Å². The van der Waals surface area contributed by atoms with Gasteiger partial charge >= 0.3 is 0 Å². The van der Waals surface area contributed by atoms with Crippen LogP contribution in [0.4, 0.5) is 10.1 Å². The number of benzene rings is 1. The maximum atomic E-state index is 13.0. The van der Waals surface area contributed by atoms with Crippen LogP contribution in [-0.4, -0.2) is 26.9 Å². The largest absolute Gasteiger partial charge is 0.494 e. The summed E-state index contributed by atoms with van der Waals surface area (Å²) in [5, 5.41) is 3.31. The zero-order valence-corrected chi connectivity index (χ0v) is 10.8. The number of nitrogens with one attached hydrogen (secondary N) is 1. The number of halogens is 1.